The summed E-state index contributed by atoms with van der Waals surface area (Å²) in [7, 11) is 0. The number of hydrogen-bond donors (Lipinski definition) is 1. The molecule has 0 spiro atoms. The van der Waals surface area contributed by atoms with Crippen LogP contribution >= 0.6 is 0 Å². The van der Waals surface area contributed by atoms with Crippen LogP contribution in [-0.2, 0) is 4.79 Å². The van der Waals surface area contributed by atoms with Crippen molar-refractivity contribution < 1.29 is 4.79 Å². The lowest BCUT2D eigenvalue weighted by molar-refractivity contribution is -0.112. The molecule has 1 heterocycles. The van der Waals surface area contributed by atoms with Crippen molar-refractivity contribution in [2.45, 2.75) is 19.8 Å². The minimum absolute atomic E-state index is 0.0626. The van der Waals surface area contributed by atoms with Crippen molar-refractivity contribution >= 4 is 11.6 Å². The summed E-state index contributed by atoms with van der Waals surface area (Å²) >= 11 is 0. The molecule has 0 saturated heterocycles. The number of rotatable bonds is 3. The van der Waals surface area contributed by atoms with Crippen LogP contribution in [0.25, 0.3) is 0 Å². The van der Waals surface area contributed by atoms with E-state index >= 15 is 0 Å². The molecule has 1 N–H and O–H groups in total. The van der Waals surface area contributed by atoms with E-state index in [1.165, 1.54) is 18.4 Å². The van der Waals surface area contributed by atoms with E-state index in [2.05, 4.69) is 10.3 Å². The highest BCUT2D eigenvalue weighted by atomic mass is 16.1. The number of aromatic nitrogens is 1. The van der Waals surface area contributed by atoms with Crippen molar-refractivity contribution in [2.24, 2.45) is 5.92 Å². The maximum atomic E-state index is 11.5. The van der Waals surface area contributed by atoms with Gasteiger partial charge < -0.3 is 5.32 Å². The van der Waals surface area contributed by atoms with Gasteiger partial charge in [-0.25, -0.2) is 0 Å². The van der Waals surface area contributed by atoms with E-state index in [1.807, 2.05) is 13.0 Å². The number of amides is 1. The number of nitrogens with one attached hydrogen (secondary N) is 1. The molecule has 0 radical (unpaired) electrons. The largest absolute Gasteiger partial charge is 0.321 e. The Morgan fingerprint density at radius 3 is 3.00 bits per heavy atom. The molecule has 0 bridgehead atoms. The van der Waals surface area contributed by atoms with Crippen molar-refractivity contribution in [3.8, 4) is 0 Å². The van der Waals surface area contributed by atoms with Crippen LogP contribution in [0.3, 0.4) is 0 Å². The summed E-state index contributed by atoms with van der Waals surface area (Å²) in [6.07, 6.45) is 7.45. The fraction of sp³-hybridized carbons (Fsp3) is 0.333. The van der Waals surface area contributed by atoms with Crippen molar-refractivity contribution in [1.82, 2.24) is 4.98 Å². The summed E-state index contributed by atoms with van der Waals surface area (Å²) in [5, 5.41) is 2.78. The van der Waals surface area contributed by atoms with Crippen molar-refractivity contribution in [1.29, 1.82) is 0 Å². The monoisotopic (exact) mass is 202 g/mol. The van der Waals surface area contributed by atoms with E-state index in [9.17, 15) is 4.79 Å². The zero-order valence-corrected chi connectivity index (χ0v) is 8.73. The Hall–Kier alpha value is -1.64. The number of carbonyl (C=O) groups excluding carboxylic acids is 1. The van der Waals surface area contributed by atoms with Crippen LogP contribution in [0.5, 0.6) is 0 Å². The molecular formula is C12H14N2O. The number of anilines is 1. The number of carbonyl (C=O) groups is 1. The van der Waals surface area contributed by atoms with Gasteiger partial charge in [0.05, 0.1) is 11.9 Å². The summed E-state index contributed by atoms with van der Waals surface area (Å²) in [5.41, 5.74) is 1.92. The second-order valence-electron chi connectivity index (χ2n) is 3.89. The number of hydrogen-bond acceptors (Lipinski definition) is 2. The van der Waals surface area contributed by atoms with Gasteiger partial charge in [-0.05, 0) is 37.8 Å². The summed E-state index contributed by atoms with van der Waals surface area (Å²) in [4.78, 5) is 15.5. The van der Waals surface area contributed by atoms with Crippen LogP contribution in [0.15, 0.2) is 36.2 Å². The van der Waals surface area contributed by atoms with Crippen molar-refractivity contribution in [3.05, 3.63) is 36.2 Å². The zero-order valence-electron chi connectivity index (χ0n) is 8.73. The molecule has 2 rings (SSSR count). The summed E-state index contributed by atoms with van der Waals surface area (Å²) in [5.74, 6) is 0.581. The molecule has 0 aliphatic heterocycles. The van der Waals surface area contributed by atoms with E-state index in [1.54, 1.807) is 24.5 Å². The summed E-state index contributed by atoms with van der Waals surface area (Å²) in [6, 6.07) is 3.62. The van der Waals surface area contributed by atoms with Gasteiger partial charge in [-0.1, -0.05) is 5.57 Å². The van der Waals surface area contributed by atoms with Gasteiger partial charge >= 0.3 is 0 Å². The number of nitrogens with zero attached hydrogens (tertiary/aromatic N) is 1. The van der Waals surface area contributed by atoms with E-state index < -0.39 is 0 Å². The topological polar surface area (TPSA) is 42.0 Å². The molecule has 1 aliphatic rings. The minimum atomic E-state index is -0.0626. The maximum Gasteiger partial charge on any atom is 0.248 e. The number of pyridine rings is 1. The van der Waals surface area contributed by atoms with E-state index in [0.717, 1.165) is 5.69 Å². The lowest BCUT2D eigenvalue weighted by Crippen LogP contribution is -2.09. The molecular weight excluding hydrogens is 188 g/mol. The molecule has 1 aliphatic carbocycles. The van der Waals surface area contributed by atoms with Gasteiger partial charge in [0.15, 0.2) is 0 Å². The molecule has 1 aromatic rings. The lowest BCUT2D eigenvalue weighted by atomic mass is 10.2. The molecule has 3 heteroatoms. The second-order valence-corrected chi connectivity index (χ2v) is 3.89. The Labute approximate surface area is 89.2 Å². The Kier molecular flexibility index (Phi) is 2.81. The highest BCUT2D eigenvalue weighted by Crippen LogP contribution is 2.35. The Balaban J connectivity index is 1.95. The average Bonchev–Trinajstić information content (AvgIpc) is 3.01. The Morgan fingerprint density at radius 2 is 2.40 bits per heavy atom. The van der Waals surface area contributed by atoms with E-state index in [-0.39, 0.29) is 5.91 Å². The SMILES string of the molecule is CC(=CC(=O)Nc1cccnc1)C1CC1. The normalized spacial score (nSPS) is 16.2. The van der Waals surface area contributed by atoms with Gasteiger partial charge in [-0.2, -0.15) is 0 Å². The predicted molar refractivity (Wildman–Crippen MR) is 59.3 cm³/mol. The van der Waals surface area contributed by atoms with Gasteiger partial charge in [0.25, 0.3) is 0 Å². The molecule has 0 atom stereocenters. The second kappa shape index (κ2) is 4.26. The van der Waals surface area contributed by atoms with Gasteiger partial charge in [-0.3, -0.25) is 9.78 Å². The highest BCUT2D eigenvalue weighted by Gasteiger charge is 2.23. The van der Waals surface area contributed by atoms with Gasteiger partial charge in [0.2, 0.25) is 5.91 Å². The molecule has 0 unspecified atom stereocenters. The first-order valence-corrected chi connectivity index (χ1v) is 5.15. The smallest absolute Gasteiger partial charge is 0.248 e. The van der Waals surface area contributed by atoms with E-state index in [0.29, 0.717) is 5.92 Å². The van der Waals surface area contributed by atoms with Gasteiger partial charge in [0, 0.05) is 12.3 Å². The third-order valence-corrected chi connectivity index (χ3v) is 2.51. The van der Waals surface area contributed by atoms with Crippen molar-refractivity contribution in [3.63, 3.8) is 0 Å². The standard InChI is InChI=1S/C12H14N2O/c1-9(10-4-5-10)7-12(15)14-11-3-2-6-13-8-11/h2-3,6-8,10H,4-5H2,1H3,(H,14,15). The molecule has 1 aromatic heterocycles. The van der Waals surface area contributed by atoms with Gasteiger partial charge in [-0.15, -0.1) is 0 Å². The first-order valence-electron chi connectivity index (χ1n) is 5.15. The molecule has 1 saturated carbocycles. The fourth-order valence-corrected chi connectivity index (χ4v) is 1.48. The third-order valence-electron chi connectivity index (χ3n) is 2.51. The maximum absolute atomic E-state index is 11.5. The van der Waals surface area contributed by atoms with Crippen LogP contribution < -0.4 is 5.32 Å². The minimum Gasteiger partial charge on any atom is -0.321 e. The predicted octanol–water partition coefficient (Wildman–Crippen LogP) is 2.38. The molecule has 3 nitrogen and oxygen atoms in total. The van der Waals surface area contributed by atoms with Crippen LogP contribution in [-0.4, -0.2) is 10.9 Å². The summed E-state index contributed by atoms with van der Waals surface area (Å²) in [6.45, 7) is 2.01. The third kappa shape index (κ3) is 2.91. The summed E-state index contributed by atoms with van der Waals surface area (Å²) < 4.78 is 0. The molecule has 15 heavy (non-hydrogen) atoms. The van der Waals surface area contributed by atoms with Gasteiger partial charge in [0.1, 0.15) is 0 Å². The molecule has 0 aromatic carbocycles. The van der Waals surface area contributed by atoms with Crippen LogP contribution in [0.2, 0.25) is 0 Å². The van der Waals surface area contributed by atoms with Crippen LogP contribution in [0.1, 0.15) is 19.8 Å². The fourth-order valence-electron chi connectivity index (χ4n) is 1.48. The molecule has 1 amide bonds. The van der Waals surface area contributed by atoms with Crippen LogP contribution in [0, 0.1) is 5.92 Å². The molecule has 78 valence electrons. The Bertz CT molecular complexity index is 380. The highest BCUT2D eigenvalue weighted by molar-refractivity contribution is 5.99. The Morgan fingerprint density at radius 1 is 1.60 bits per heavy atom. The first-order chi connectivity index (χ1) is 7.25. The van der Waals surface area contributed by atoms with Crippen LogP contribution in [0.4, 0.5) is 5.69 Å². The van der Waals surface area contributed by atoms with E-state index in [4.69, 9.17) is 0 Å². The lowest BCUT2D eigenvalue weighted by Gasteiger charge is -2.01. The first kappa shape index (κ1) is 9.90. The average molecular weight is 202 g/mol. The number of allylic oxidation sites excluding steroid dienone is 1. The molecule has 1 fully saturated rings. The quantitative estimate of drug-likeness (QED) is 0.764. The van der Waals surface area contributed by atoms with Crippen molar-refractivity contribution in [2.75, 3.05) is 5.32 Å². The zero-order chi connectivity index (χ0) is 10.7.